The largest absolute Gasteiger partial charge is 0.492 e. The van der Waals surface area contributed by atoms with Crippen LogP contribution in [-0.2, 0) is 0 Å². The molecule has 0 spiro atoms. The van der Waals surface area contributed by atoms with Crippen molar-refractivity contribution >= 4 is 22.5 Å². The lowest BCUT2D eigenvalue weighted by Crippen LogP contribution is -2.24. The molecule has 6 nitrogen and oxygen atoms in total. The van der Waals surface area contributed by atoms with E-state index in [1.807, 2.05) is 24.4 Å². The predicted octanol–water partition coefficient (Wildman–Crippen LogP) is 3.87. The number of H-pyrrole nitrogens is 1. The maximum Gasteiger partial charge on any atom is 0.222 e. The molecule has 0 atom stereocenters. The number of halogens is 1. The molecule has 2 heterocycles. The number of rotatable bonds is 7. The number of fused-ring (bicyclic) bond motifs is 1. The van der Waals surface area contributed by atoms with Crippen molar-refractivity contribution in [2.45, 2.75) is 13.3 Å². The van der Waals surface area contributed by atoms with Crippen LogP contribution in [0.1, 0.15) is 18.9 Å². The molecule has 0 saturated carbocycles. The molecule has 0 unspecified atom stereocenters. The van der Waals surface area contributed by atoms with Crippen molar-refractivity contribution in [1.29, 1.82) is 5.26 Å². The highest BCUT2D eigenvalue weighted by atomic mass is 35.5. The third-order valence-electron chi connectivity index (χ3n) is 4.14. The summed E-state index contributed by atoms with van der Waals surface area (Å²) in [6.07, 6.45) is 4.39. The Bertz CT molecular complexity index is 947. The first-order valence-corrected chi connectivity index (χ1v) is 8.85. The Kier molecular flexibility index (Phi) is 5.71. The van der Waals surface area contributed by atoms with Crippen molar-refractivity contribution in [3.63, 3.8) is 0 Å². The van der Waals surface area contributed by atoms with Crippen molar-refractivity contribution in [2.75, 3.05) is 26.7 Å². The Balaban J connectivity index is 1.82. The van der Waals surface area contributed by atoms with Crippen LogP contribution >= 0.6 is 11.6 Å². The van der Waals surface area contributed by atoms with E-state index in [0.29, 0.717) is 17.9 Å². The maximum atomic E-state index is 9.30. The van der Waals surface area contributed by atoms with E-state index in [1.54, 1.807) is 0 Å². The van der Waals surface area contributed by atoms with Gasteiger partial charge in [0, 0.05) is 35.3 Å². The number of hydrogen-bond acceptors (Lipinski definition) is 5. The number of hydrogen-bond donors (Lipinski definition) is 1. The summed E-state index contributed by atoms with van der Waals surface area (Å²) >= 11 is 5.91. The molecular weight excluding hydrogens is 350 g/mol. The van der Waals surface area contributed by atoms with Gasteiger partial charge in [0.1, 0.15) is 18.4 Å². The quantitative estimate of drug-likeness (QED) is 0.639. The highest BCUT2D eigenvalue weighted by Gasteiger charge is 2.14. The average Bonchev–Trinajstić information content (AvgIpc) is 3.05. The fourth-order valence-corrected chi connectivity index (χ4v) is 2.98. The Morgan fingerprint density at radius 3 is 2.96 bits per heavy atom. The molecule has 1 N–H and O–H groups in total. The lowest BCUT2D eigenvalue weighted by atomic mass is 10.1. The number of nitrogens with one attached hydrogen (secondary N) is 1. The number of likely N-dealkylation sites (N-methyl/N-ethyl adjacent to an activating group) is 1. The van der Waals surface area contributed by atoms with Gasteiger partial charge in [-0.1, -0.05) is 6.92 Å². The van der Waals surface area contributed by atoms with Crippen LogP contribution in [0.25, 0.3) is 22.2 Å². The first-order chi connectivity index (χ1) is 12.6. The van der Waals surface area contributed by atoms with Gasteiger partial charge in [0.2, 0.25) is 5.28 Å². The molecule has 0 amide bonds. The highest BCUT2D eigenvalue weighted by Crippen LogP contribution is 2.31. The van der Waals surface area contributed by atoms with Gasteiger partial charge in [-0.15, -0.1) is 0 Å². The number of ether oxygens (including phenoxy) is 1. The van der Waals surface area contributed by atoms with Gasteiger partial charge in [-0.25, -0.2) is 9.97 Å². The van der Waals surface area contributed by atoms with Crippen LogP contribution in [0.5, 0.6) is 5.75 Å². The minimum atomic E-state index is 0.115. The second-order valence-corrected chi connectivity index (χ2v) is 6.41. The standard InChI is InChI=1S/C19H20ClN5O/c1-3-6-25(2)7-8-26-14-4-5-15-16(12-22-17(15)9-14)18-13(10-21)11-23-19(20)24-18/h4-5,9,11-12,22H,3,6-8H2,1-2H3. The lowest BCUT2D eigenvalue weighted by molar-refractivity contribution is 0.238. The summed E-state index contributed by atoms with van der Waals surface area (Å²) in [5.74, 6) is 0.803. The number of nitriles is 1. The number of benzene rings is 1. The van der Waals surface area contributed by atoms with Crippen molar-refractivity contribution in [3.05, 3.63) is 41.4 Å². The zero-order valence-corrected chi connectivity index (χ0v) is 15.5. The molecule has 0 fully saturated rings. The van der Waals surface area contributed by atoms with Gasteiger partial charge >= 0.3 is 0 Å². The third kappa shape index (κ3) is 3.96. The second-order valence-electron chi connectivity index (χ2n) is 6.07. The van der Waals surface area contributed by atoms with Gasteiger partial charge in [0.05, 0.1) is 17.5 Å². The Labute approximate surface area is 157 Å². The Morgan fingerprint density at radius 1 is 1.35 bits per heavy atom. The van der Waals surface area contributed by atoms with Crippen LogP contribution in [0.15, 0.2) is 30.6 Å². The van der Waals surface area contributed by atoms with Gasteiger partial charge in [0.25, 0.3) is 0 Å². The van der Waals surface area contributed by atoms with E-state index in [1.165, 1.54) is 6.20 Å². The summed E-state index contributed by atoms with van der Waals surface area (Å²) in [5.41, 5.74) is 2.64. The Morgan fingerprint density at radius 2 is 2.19 bits per heavy atom. The molecular formula is C19H20ClN5O. The average molecular weight is 370 g/mol. The molecule has 26 heavy (non-hydrogen) atoms. The summed E-state index contributed by atoms with van der Waals surface area (Å²) in [4.78, 5) is 13.6. The normalized spacial score (nSPS) is 11.0. The fourth-order valence-electron chi connectivity index (χ4n) is 2.85. The van der Waals surface area contributed by atoms with Crippen LogP contribution in [0.2, 0.25) is 5.28 Å². The molecule has 0 saturated heterocycles. The summed E-state index contributed by atoms with van der Waals surface area (Å²) in [7, 11) is 2.09. The zero-order valence-electron chi connectivity index (χ0n) is 14.8. The summed E-state index contributed by atoms with van der Waals surface area (Å²) in [5, 5.41) is 10.4. The molecule has 2 aromatic heterocycles. The monoisotopic (exact) mass is 369 g/mol. The summed E-state index contributed by atoms with van der Waals surface area (Å²) in [6, 6.07) is 7.95. The molecule has 134 valence electrons. The van der Waals surface area contributed by atoms with E-state index in [9.17, 15) is 5.26 Å². The van der Waals surface area contributed by atoms with Crippen LogP contribution in [0.4, 0.5) is 0 Å². The van der Waals surface area contributed by atoms with E-state index in [4.69, 9.17) is 16.3 Å². The molecule has 0 aliphatic rings. The first kappa shape index (κ1) is 18.2. The molecule has 1 aromatic carbocycles. The molecule has 0 bridgehead atoms. The summed E-state index contributed by atoms with van der Waals surface area (Å²) < 4.78 is 5.85. The number of aromatic amines is 1. The molecule has 7 heteroatoms. The van der Waals surface area contributed by atoms with Gasteiger partial charge < -0.3 is 14.6 Å². The van der Waals surface area contributed by atoms with Crippen LogP contribution in [0.3, 0.4) is 0 Å². The van der Waals surface area contributed by atoms with E-state index in [-0.39, 0.29) is 5.28 Å². The molecule has 3 rings (SSSR count). The fraction of sp³-hybridized carbons (Fsp3) is 0.316. The maximum absolute atomic E-state index is 9.30. The molecule has 0 aliphatic carbocycles. The van der Waals surface area contributed by atoms with Crippen LogP contribution < -0.4 is 4.74 Å². The van der Waals surface area contributed by atoms with Gasteiger partial charge in [-0.3, -0.25) is 0 Å². The molecule has 0 aliphatic heterocycles. The lowest BCUT2D eigenvalue weighted by Gasteiger charge is -2.15. The van der Waals surface area contributed by atoms with Crippen molar-refractivity contribution < 1.29 is 4.74 Å². The first-order valence-electron chi connectivity index (χ1n) is 8.48. The van der Waals surface area contributed by atoms with E-state index in [0.717, 1.165) is 41.7 Å². The SMILES string of the molecule is CCCN(C)CCOc1ccc2c(-c3nc(Cl)ncc3C#N)c[nH]c2c1. The number of nitrogens with zero attached hydrogens (tertiary/aromatic N) is 4. The second kappa shape index (κ2) is 8.17. The van der Waals surface area contributed by atoms with Gasteiger partial charge in [0.15, 0.2) is 0 Å². The topological polar surface area (TPSA) is 77.8 Å². The third-order valence-corrected chi connectivity index (χ3v) is 4.32. The van der Waals surface area contributed by atoms with Crippen molar-refractivity contribution in [1.82, 2.24) is 19.9 Å². The van der Waals surface area contributed by atoms with E-state index < -0.39 is 0 Å². The van der Waals surface area contributed by atoms with Gasteiger partial charge in [-0.2, -0.15) is 5.26 Å². The highest BCUT2D eigenvalue weighted by molar-refractivity contribution is 6.28. The molecule has 3 aromatic rings. The van der Waals surface area contributed by atoms with Crippen molar-refractivity contribution in [3.8, 4) is 23.1 Å². The predicted molar refractivity (Wildman–Crippen MR) is 102 cm³/mol. The minimum Gasteiger partial charge on any atom is -0.492 e. The van der Waals surface area contributed by atoms with Gasteiger partial charge in [-0.05, 0) is 43.7 Å². The minimum absolute atomic E-state index is 0.115. The van der Waals surface area contributed by atoms with E-state index >= 15 is 0 Å². The zero-order chi connectivity index (χ0) is 18.5. The number of aromatic nitrogens is 3. The smallest absolute Gasteiger partial charge is 0.222 e. The van der Waals surface area contributed by atoms with Crippen LogP contribution in [-0.4, -0.2) is 46.6 Å². The molecule has 0 radical (unpaired) electrons. The van der Waals surface area contributed by atoms with E-state index in [2.05, 4.69) is 39.9 Å². The summed E-state index contributed by atoms with van der Waals surface area (Å²) in [6.45, 7) is 4.74. The van der Waals surface area contributed by atoms with Crippen molar-refractivity contribution in [2.24, 2.45) is 0 Å². The van der Waals surface area contributed by atoms with Crippen LogP contribution in [0, 0.1) is 11.3 Å². The Hall–Kier alpha value is -2.62.